The monoisotopic (exact) mass is 322 g/mol. The van der Waals surface area contributed by atoms with Gasteiger partial charge in [-0.1, -0.05) is 13.0 Å². The minimum Gasteiger partial charge on any atom is -0.394 e. The largest absolute Gasteiger partial charge is 0.394 e. The van der Waals surface area contributed by atoms with Gasteiger partial charge in [-0.3, -0.25) is 0 Å². The summed E-state index contributed by atoms with van der Waals surface area (Å²) in [6.45, 7) is 2.89. The van der Waals surface area contributed by atoms with Crippen LogP contribution < -0.4 is 9.86 Å². The van der Waals surface area contributed by atoms with Gasteiger partial charge in [0.1, 0.15) is 0 Å². The molecule has 0 aliphatic carbocycles. The van der Waals surface area contributed by atoms with E-state index in [1.54, 1.807) is 13.8 Å². The summed E-state index contributed by atoms with van der Waals surface area (Å²) in [5.41, 5.74) is -1.02. The molecule has 0 fully saturated rings. The Hall–Kier alpha value is -1.00. The average Bonchev–Trinajstić information content (AvgIpc) is 2.37. The molecule has 4 N–H and O–H groups in total. The van der Waals surface area contributed by atoms with Gasteiger partial charge in [-0.15, -0.1) is 0 Å². The molecule has 114 valence electrons. The fourth-order valence-corrected chi connectivity index (χ4v) is 3.57. The molecule has 7 nitrogen and oxygen atoms in total. The van der Waals surface area contributed by atoms with Crippen LogP contribution in [0.4, 0.5) is 0 Å². The van der Waals surface area contributed by atoms with E-state index in [0.717, 1.165) is 6.07 Å². The van der Waals surface area contributed by atoms with E-state index in [1.807, 2.05) is 0 Å². The van der Waals surface area contributed by atoms with E-state index in [1.165, 1.54) is 18.2 Å². The number of aliphatic hydroxyl groups is 1. The predicted octanol–water partition coefficient (Wildman–Crippen LogP) is -0.227. The zero-order chi connectivity index (χ0) is 15.6. The number of nitrogens with one attached hydrogen (secondary N) is 1. The fraction of sp³-hybridized carbons (Fsp3) is 0.455. The van der Waals surface area contributed by atoms with Crippen molar-refractivity contribution in [2.45, 2.75) is 35.6 Å². The Morgan fingerprint density at radius 3 is 2.25 bits per heavy atom. The number of rotatable bonds is 6. The molecule has 9 heteroatoms. The van der Waals surface area contributed by atoms with Crippen LogP contribution in [0.1, 0.15) is 20.3 Å². The molecule has 1 aromatic rings. The highest BCUT2D eigenvalue weighted by atomic mass is 32.2. The first-order chi connectivity index (χ1) is 9.04. The van der Waals surface area contributed by atoms with Gasteiger partial charge in [0.05, 0.1) is 21.9 Å². The van der Waals surface area contributed by atoms with Crippen molar-refractivity contribution in [3.05, 3.63) is 24.3 Å². The highest BCUT2D eigenvalue weighted by Crippen LogP contribution is 2.18. The number of nitrogens with two attached hydrogens (primary N) is 1. The maximum Gasteiger partial charge on any atom is 0.241 e. The number of benzene rings is 1. The van der Waals surface area contributed by atoms with Crippen molar-refractivity contribution in [3.8, 4) is 0 Å². The lowest BCUT2D eigenvalue weighted by atomic mass is 10.0. The Morgan fingerprint density at radius 1 is 1.25 bits per heavy atom. The normalized spacial score (nSPS) is 15.8. The van der Waals surface area contributed by atoms with Crippen molar-refractivity contribution in [2.75, 3.05) is 6.61 Å². The lowest BCUT2D eigenvalue weighted by molar-refractivity contribution is 0.191. The summed E-state index contributed by atoms with van der Waals surface area (Å²) in [7, 11) is -7.94. The highest BCUT2D eigenvalue weighted by molar-refractivity contribution is 7.90. The first-order valence-corrected chi connectivity index (χ1v) is 8.85. The third-order valence-corrected chi connectivity index (χ3v) is 5.50. The molecule has 0 aliphatic heterocycles. The van der Waals surface area contributed by atoms with Crippen molar-refractivity contribution in [3.63, 3.8) is 0 Å². The van der Waals surface area contributed by atoms with E-state index in [0.29, 0.717) is 6.42 Å². The molecule has 20 heavy (non-hydrogen) atoms. The third-order valence-electron chi connectivity index (χ3n) is 2.95. The molecule has 1 atom stereocenters. The minimum atomic E-state index is -3.98. The van der Waals surface area contributed by atoms with Crippen LogP contribution in [0, 0.1) is 0 Å². The lowest BCUT2D eigenvalue weighted by Gasteiger charge is -2.26. The van der Waals surface area contributed by atoms with Crippen LogP contribution in [0.25, 0.3) is 0 Å². The quantitative estimate of drug-likeness (QED) is 0.667. The number of aliphatic hydroxyl groups excluding tert-OH is 1. The summed E-state index contributed by atoms with van der Waals surface area (Å²) in [6.07, 6.45) is 0.373. The minimum absolute atomic E-state index is 0.225. The molecule has 1 unspecified atom stereocenters. The molecule has 0 aliphatic rings. The standard InChI is InChI=1S/C11H18N2O5S2/c1-3-11(2,8-14)13-20(17,18)10-6-4-5-9(7-10)19(12,15)16/h4-7,13-14H,3,8H2,1-2H3,(H2,12,15,16). The Balaban J connectivity index is 3.24. The summed E-state index contributed by atoms with van der Waals surface area (Å²) in [5.74, 6) is 0. The van der Waals surface area contributed by atoms with E-state index in [-0.39, 0.29) is 16.4 Å². The molecule has 0 radical (unpaired) electrons. The van der Waals surface area contributed by atoms with Crippen molar-refractivity contribution in [1.29, 1.82) is 0 Å². The topological polar surface area (TPSA) is 127 Å². The second-order valence-corrected chi connectivity index (χ2v) is 7.94. The maximum absolute atomic E-state index is 12.2. The summed E-state index contributed by atoms with van der Waals surface area (Å²) in [4.78, 5) is -0.514. The third kappa shape index (κ3) is 4.00. The highest BCUT2D eigenvalue weighted by Gasteiger charge is 2.28. The fourth-order valence-electron chi connectivity index (χ4n) is 1.42. The molecule has 0 aromatic heterocycles. The van der Waals surface area contributed by atoms with Gasteiger partial charge in [0, 0.05) is 0 Å². The Bertz CT molecular complexity index is 679. The number of primary sulfonamides is 1. The molecule has 1 rings (SSSR count). The van der Waals surface area contributed by atoms with Gasteiger partial charge in [0.25, 0.3) is 0 Å². The van der Waals surface area contributed by atoms with Crippen molar-refractivity contribution in [1.82, 2.24) is 4.72 Å². The molecular weight excluding hydrogens is 304 g/mol. The van der Waals surface area contributed by atoms with Crippen LogP contribution in [0.3, 0.4) is 0 Å². The average molecular weight is 322 g/mol. The number of hydrogen-bond donors (Lipinski definition) is 3. The Morgan fingerprint density at radius 2 is 1.80 bits per heavy atom. The van der Waals surface area contributed by atoms with Crippen LogP contribution in [0.5, 0.6) is 0 Å². The molecule has 0 saturated heterocycles. The molecule has 0 spiro atoms. The van der Waals surface area contributed by atoms with Crippen molar-refractivity contribution < 1.29 is 21.9 Å². The summed E-state index contributed by atoms with van der Waals surface area (Å²) in [5, 5.41) is 14.2. The van der Waals surface area contributed by atoms with E-state index in [2.05, 4.69) is 4.72 Å². The van der Waals surface area contributed by atoms with Gasteiger partial charge in [-0.25, -0.2) is 26.7 Å². The molecule has 0 amide bonds. The van der Waals surface area contributed by atoms with E-state index in [9.17, 15) is 21.9 Å². The van der Waals surface area contributed by atoms with Gasteiger partial charge in [-0.05, 0) is 31.5 Å². The van der Waals surface area contributed by atoms with E-state index >= 15 is 0 Å². The van der Waals surface area contributed by atoms with Gasteiger partial charge in [-0.2, -0.15) is 0 Å². The van der Waals surface area contributed by atoms with Gasteiger partial charge >= 0.3 is 0 Å². The lowest BCUT2D eigenvalue weighted by Crippen LogP contribution is -2.48. The second kappa shape index (κ2) is 5.78. The zero-order valence-corrected chi connectivity index (χ0v) is 12.8. The van der Waals surface area contributed by atoms with Crippen LogP contribution in [0.15, 0.2) is 34.1 Å². The smallest absolute Gasteiger partial charge is 0.241 e. The summed E-state index contributed by atoms with van der Waals surface area (Å²) < 4.78 is 49.2. The van der Waals surface area contributed by atoms with Crippen LogP contribution >= 0.6 is 0 Å². The molecule has 0 heterocycles. The SMILES string of the molecule is CCC(C)(CO)NS(=O)(=O)c1cccc(S(N)(=O)=O)c1. The first kappa shape index (κ1) is 17.1. The van der Waals surface area contributed by atoms with Crippen molar-refractivity contribution in [2.24, 2.45) is 5.14 Å². The van der Waals surface area contributed by atoms with E-state index in [4.69, 9.17) is 5.14 Å². The molecule has 0 bridgehead atoms. The molecule has 1 aromatic carbocycles. The second-order valence-electron chi connectivity index (χ2n) is 4.70. The van der Waals surface area contributed by atoms with Crippen LogP contribution in [-0.4, -0.2) is 34.1 Å². The maximum atomic E-state index is 12.2. The molecule has 0 saturated carbocycles. The van der Waals surface area contributed by atoms with Crippen LogP contribution in [-0.2, 0) is 20.0 Å². The van der Waals surface area contributed by atoms with Gasteiger partial charge in [0.15, 0.2) is 0 Å². The molecular formula is C11H18N2O5S2. The number of hydrogen-bond acceptors (Lipinski definition) is 5. The number of sulfonamides is 2. The zero-order valence-electron chi connectivity index (χ0n) is 11.2. The van der Waals surface area contributed by atoms with Crippen LogP contribution in [0.2, 0.25) is 0 Å². The van der Waals surface area contributed by atoms with Gasteiger partial charge < -0.3 is 5.11 Å². The van der Waals surface area contributed by atoms with Gasteiger partial charge in [0.2, 0.25) is 20.0 Å². The summed E-state index contributed by atoms with van der Waals surface area (Å²) in [6, 6.07) is 4.73. The Labute approximate surface area is 118 Å². The van der Waals surface area contributed by atoms with Crippen molar-refractivity contribution >= 4 is 20.0 Å². The van der Waals surface area contributed by atoms with E-state index < -0.39 is 25.6 Å². The Kier molecular flexibility index (Phi) is 4.93. The first-order valence-electron chi connectivity index (χ1n) is 5.82. The predicted molar refractivity (Wildman–Crippen MR) is 73.9 cm³/mol. The summed E-state index contributed by atoms with van der Waals surface area (Å²) >= 11 is 0.